The van der Waals surface area contributed by atoms with E-state index >= 15 is 0 Å². The summed E-state index contributed by atoms with van der Waals surface area (Å²) in [6, 6.07) is 8.96. The Hall–Kier alpha value is -0.820. The number of nitrogens with one attached hydrogen (secondary N) is 1. The summed E-state index contributed by atoms with van der Waals surface area (Å²) in [7, 11) is 0. The molecule has 0 radical (unpaired) electrons. The average molecular weight is 173 g/mol. The molecule has 0 aromatic heterocycles. The van der Waals surface area contributed by atoms with Gasteiger partial charge in [0.2, 0.25) is 0 Å². The van der Waals surface area contributed by atoms with E-state index in [9.17, 15) is 0 Å². The van der Waals surface area contributed by atoms with Crippen LogP contribution in [0.2, 0.25) is 0 Å². The maximum absolute atomic E-state index is 3.50. The lowest BCUT2D eigenvalue weighted by atomic mass is 9.87. The van der Waals surface area contributed by atoms with Gasteiger partial charge in [0.15, 0.2) is 0 Å². The molecule has 1 aliphatic carbocycles. The molecule has 1 nitrogen and oxygen atoms in total. The van der Waals surface area contributed by atoms with Crippen LogP contribution in [0.5, 0.6) is 0 Å². The van der Waals surface area contributed by atoms with Gasteiger partial charge in [-0.05, 0) is 42.3 Å². The van der Waals surface area contributed by atoms with Gasteiger partial charge in [0, 0.05) is 6.54 Å². The van der Waals surface area contributed by atoms with Gasteiger partial charge in [0.05, 0.1) is 0 Å². The van der Waals surface area contributed by atoms with Gasteiger partial charge in [-0.1, -0.05) is 24.3 Å². The third-order valence-corrected chi connectivity index (χ3v) is 3.56. The van der Waals surface area contributed by atoms with E-state index in [1.807, 2.05) is 0 Å². The largest absolute Gasteiger partial charge is 0.316 e. The summed E-state index contributed by atoms with van der Waals surface area (Å²) < 4.78 is 0. The lowest BCUT2D eigenvalue weighted by molar-refractivity contribution is 0.347. The first-order chi connectivity index (χ1) is 6.45. The van der Waals surface area contributed by atoms with Crippen molar-refractivity contribution in [2.24, 2.45) is 5.92 Å². The Morgan fingerprint density at radius 3 is 3.15 bits per heavy atom. The molecule has 2 unspecified atom stereocenters. The number of piperidine rings is 1. The smallest absolute Gasteiger partial charge is 0.00230 e. The quantitative estimate of drug-likeness (QED) is 0.632. The lowest BCUT2D eigenvalue weighted by Crippen LogP contribution is -2.32. The van der Waals surface area contributed by atoms with Crippen LogP contribution in [0.1, 0.15) is 23.5 Å². The zero-order valence-electron chi connectivity index (χ0n) is 7.79. The Kier molecular flexibility index (Phi) is 1.66. The first-order valence-corrected chi connectivity index (χ1v) is 5.23. The molecule has 2 aliphatic rings. The van der Waals surface area contributed by atoms with Crippen LogP contribution in [0.25, 0.3) is 0 Å². The van der Waals surface area contributed by atoms with Crippen molar-refractivity contribution >= 4 is 0 Å². The van der Waals surface area contributed by atoms with Crippen LogP contribution in [0, 0.1) is 5.92 Å². The van der Waals surface area contributed by atoms with Gasteiger partial charge in [0.25, 0.3) is 0 Å². The van der Waals surface area contributed by atoms with Crippen LogP contribution in [-0.4, -0.2) is 13.1 Å². The van der Waals surface area contributed by atoms with Crippen molar-refractivity contribution in [2.75, 3.05) is 13.1 Å². The summed E-state index contributed by atoms with van der Waals surface area (Å²) in [5.41, 5.74) is 3.21. The minimum absolute atomic E-state index is 0.810. The summed E-state index contributed by atoms with van der Waals surface area (Å²) >= 11 is 0. The molecule has 1 aliphatic heterocycles. The standard InChI is InChI=1S/C12H15N/c1-2-4-11-9(3-1)7-10-5-6-13-8-12(10)11/h1-4,10,12-13H,5-8H2. The highest BCUT2D eigenvalue weighted by Crippen LogP contribution is 2.40. The van der Waals surface area contributed by atoms with E-state index in [1.54, 1.807) is 11.1 Å². The molecule has 1 aromatic rings. The second-order valence-electron chi connectivity index (χ2n) is 4.26. The molecule has 1 aromatic carbocycles. The van der Waals surface area contributed by atoms with E-state index in [-0.39, 0.29) is 0 Å². The third-order valence-electron chi connectivity index (χ3n) is 3.56. The van der Waals surface area contributed by atoms with Crippen LogP contribution in [0.4, 0.5) is 0 Å². The van der Waals surface area contributed by atoms with E-state index in [1.165, 1.54) is 25.9 Å². The van der Waals surface area contributed by atoms with Crippen molar-refractivity contribution < 1.29 is 0 Å². The Morgan fingerprint density at radius 2 is 2.15 bits per heavy atom. The first-order valence-electron chi connectivity index (χ1n) is 5.23. The van der Waals surface area contributed by atoms with Crippen molar-refractivity contribution in [3.05, 3.63) is 35.4 Å². The number of rotatable bonds is 0. The Morgan fingerprint density at radius 1 is 1.23 bits per heavy atom. The van der Waals surface area contributed by atoms with E-state index in [4.69, 9.17) is 0 Å². The van der Waals surface area contributed by atoms with Crippen molar-refractivity contribution in [1.82, 2.24) is 5.32 Å². The van der Waals surface area contributed by atoms with Crippen molar-refractivity contribution in [3.8, 4) is 0 Å². The molecular weight excluding hydrogens is 158 g/mol. The molecule has 0 saturated carbocycles. The van der Waals surface area contributed by atoms with Crippen LogP contribution in [0.15, 0.2) is 24.3 Å². The molecule has 0 bridgehead atoms. The normalized spacial score (nSPS) is 31.1. The third kappa shape index (κ3) is 1.11. The fraction of sp³-hybridized carbons (Fsp3) is 0.500. The van der Waals surface area contributed by atoms with Gasteiger partial charge in [-0.2, -0.15) is 0 Å². The Labute approximate surface area is 79.2 Å². The van der Waals surface area contributed by atoms with Gasteiger partial charge < -0.3 is 5.32 Å². The monoisotopic (exact) mass is 173 g/mol. The van der Waals surface area contributed by atoms with Crippen molar-refractivity contribution in [1.29, 1.82) is 0 Å². The molecule has 1 saturated heterocycles. The number of fused-ring (bicyclic) bond motifs is 3. The van der Waals surface area contributed by atoms with Gasteiger partial charge in [-0.3, -0.25) is 0 Å². The van der Waals surface area contributed by atoms with E-state index in [2.05, 4.69) is 29.6 Å². The highest BCUT2D eigenvalue weighted by atomic mass is 14.9. The van der Waals surface area contributed by atoms with E-state index < -0.39 is 0 Å². The second-order valence-corrected chi connectivity index (χ2v) is 4.26. The first kappa shape index (κ1) is 7.57. The van der Waals surface area contributed by atoms with Crippen LogP contribution >= 0.6 is 0 Å². The molecule has 0 amide bonds. The molecular formula is C12H15N. The highest BCUT2D eigenvalue weighted by molar-refractivity contribution is 5.36. The van der Waals surface area contributed by atoms with Gasteiger partial charge >= 0.3 is 0 Å². The Balaban J connectivity index is 2.01. The molecule has 13 heavy (non-hydrogen) atoms. The van der Waals surface area contributed by atoms with Crippen molar-refractivity contribution in [2.45, 2.75) is 18.8 Å². The van der Waals surface area contributed by atoms with Crippen LogP contribution < -0.4 is 5.32 Å². The molecule has 68 valence electrons. The Bertz CT molecular complexity index is 319. The average Bonchev–Trinajstić information content (AvgIpc) is 2.56. The van der Waals surface area contributed by atoms with Crippen LogP contribution in [-0.2, 0) is 6.42 Å². The molecule has 0 spiro atoms. The van der Waals surface area contributed by atoms with Crippen LogP contribution in [0.3, 0.4) is 0 Å². The summed E-state index contributed by atoms with van der Waals surface area (Å²) in [6.45, 7) is 2.41. The predicted octanol–water partition coefficient (Wildman–Crippen LogP) is 1.94. The second kappa shape index (κ2) is 2.85. The predicted molar refractivity (Wildman–Crippen MR) is 53.9 cm³/mol. The lowest BCUT2D eigenvalue weighted by Gasteiger charge is -2.26. The molecule has 1 heteroatoms. The van der Waals surface area contributed by atoms with Gasteiger partial charge in [-0.15, -0.1) is 0 Å². The molecule has 1 N–H and O–H groups in total. The zero-order chi connectivity index (χ0) is 8.67. The number of hydrogen-bond donors (Lipinski definition) is 1. The summed E-state index contributed by atoms with van der Waals surface area (Å²) in [6.07, 6.45) is 2.68. The maximum Gasteiger partial charge on any atom is 0.00230 e. The topological polar surface area (TPSA) is 12.0 Å². The fourth-order valence-electron chi connectivity index (χ4n) is 2.89. The summed E-state index contributed by atoms with van der Waals surface area (Å²) in [5.74, 6) is 1.74. The highest BCUT2D eigenvalue weighted by Gasteiger charge is 2.33. The summed E-state index contributed by atoms with van der Waals surface area (Å²) in [4.78, 5) is 0. The minimum atomic E-state index is 0.810. The molecule has 2 atom stereocenters. The van der Waals surface area contributed by atoms with Gasteiger partial charge in [-0.25, -0.2) is 0 Å². The fourth-order valence-corrected chi connectivity index (χ4v) is 2.89. The molecule has 3 rings (SSSR count). The van der Waals surface area contributed by atoms with Crippen molar-refractivity contribution in [3.63, 3.8) is 0 Å². The zero-order valence-corrected chi connectivity index (χ0v) is 7.79. The van der Waals surface area contributed by atoms with Gasteiger partial charge in [0.1, 0.15) is 0 Å². The van der Waals surface area contributed by atoms with E-state index in [0.717, 1.165) is 11.8 Å². The van der Waals surface area contributed by atoms with E-state index in [0.29, 0.717) is 0 Å². The molecule has 1 fully saturated rings. The maximum atomic E-state index is 3.50. The SMILES string of the molecule is c1ccc2c(c1)CC1CCNCC21. The molecule has 1 heterocycles. The number of hydrogen-bond acceptors (Lipinski definition) is 1. The summed E-state index contributed by atoms with van der Waals surface area (Å²) in [5, 5.41) is 3.50. The minimum Gasteiger partial charge on any atom is -0.316 e. The number of benzene rings is 1.